The zero-order valence-electron chi connectivity index (χ0n) is 8.29. The monoisotopic (exact) mass is 207 g/mol. The van der Waals surface area contributed by atoms with Gasteiger partial charge in [-0.1, -0.05) is 11.7 Å². The molecule has 2 unspecified atom stereocenters. The van der Waals surface area contributed by atoms with Crippen molar-refractivity contribution in [3.8, 4) is 0 Å². The lowest BCUT2D eigenvalue weighted by atomic mass is 9.63. The van der Waals surface area contributed by atoms with Crippen molar-refractivity contribution in [3.05, 3.63) is 11.4 Å². The normalized spacial score (nSPS) is 27.8. The average molecular weight is 207 g/mol. The average Bonchev–Trinajstić information content (AvgIpc) is 2.59. The van der Waals surface area contributed by atoms with Crippen LogP contribution in [-0.2, 0) is 12.8 Å². The first-order valence-electron chi connectivity index (χ1n) is 5.11. The summed E-state index contributed by atoms with van der Waals surface area (Å²) in [7, 11) is 9.03. The third kappa shape index (κ3) is 2.00. The molecule has 1 heterocycles. The second-order valence-electron chi connectivity index (χ2n) is 4.14. The van der Waals surface area contributed by atoms with Crippen molar-refractivity contribution < 1.29 is 0 Å². The Bertz CT molecular complexity index is 315. The summed E-state index contributed by atoms with van der Waals surface area (Å²) in [5, 5.41) is 11.0. The van der Waals surface area contributed by atoms with E-state index < -0.39 is 0 Å². The molecule has 1 aliphatic rings. The Kier molecular flexibility index (Phi) is 2.92. The Hall–Kier alpha value is -0.365. The first-order valence-corrected chi connectivity index (χ1v) is 5.93. The van der Waals surface area contributed by atoms with E-state index in [-0.39, 0.29) is 5.31 Å². The fourth-order valence-corrected chi connectivity index (χ4v) is 2.39. The van der Waals surface area contributed by atoms with Crippen molar-refractivity contribution in [2.75, 3.05) is 6.16 Å². The summed E-state index contributed by atoms with van der Waals surface area (Å²) < 4.78 is 0. The number of nitrogens with one attached hydrogen (secondary N) is 1. The molecule has 3 nitrogen and oxygen atoms in total. The fourth-order valence-electron chi connectivity index (χ4n) is 1.98. The van der Waals surface area contributed by atoms with Gasteiger partial charge in [0.25, 0.3) is 0 Å². The number of hydrogen-bond donors (Lipinski definition) is 1. The number of hydrogen-bond acceptors (Lipinski definition) is 2. The molecule has 0 saturated carbocycles. The molecule has 0 aliphatic heterocycles. The molecule has 2 radical (unpaired) electrons. The maximum Gasteiger partial charge on any atom is 0.0856 e. The molecule has 0 amide bonds. The van der Waals surface area contributed by atoms with E-state index >= 15 is 0 Å². The van der Waals surface area contributed by atoms with E-state index in [2.05, 4.69) is 24.7 Å². The van der Waals surface area contributed by atoms with E-state index in [1.54, 1.807) is 0 Å². The highest BCUT2D eigenvalue weighted by Gasteiger charge is 2.24. The summed E-state index contributed by atoms with van der Waals surface area (Å²) in [5.41, 5.74) is 2.24. The topological polar surface area (TPSA) is 41.6 Å². The van der Waals surface area contributed by atoms with E-state index in [0.29, 0.717) is 0 Å². The molecule has 74 valence electrons. The van der Waals surface area contributed by atoms with Crippen LogP contribution >= 0.6 is 9.24 Å². The van der Waals surface area contributed by atoms with Crippen molar-refractivity contribution in [1.82, 2.24) is 15.4 Å². The largest absolute Gasteiger partial charge is 0.197 e. The summed E-state index contributed by atoms with van der Waals surface area (Å²) >= 11 is 0. The lowest BCUT2D eigenvalue weighted by Crippen LogP contribution is -2.18. The van der Waals surface area contributed by atoms with Gasteiger partial charge in [-0.05, 0) is 31.8 Å². The molecular formula is C9H15BN3P. The number of aryl methyl sites for hydroxylation is 2. The van der Waals surface area contributed by atoms with Gasteiger partial charge in [0.15, 0.2) is 0 Å². The molecule has 14 heavy (non-hydrogen) atoms. The second kappa shape index (κ2) is 4.02. The SMILES string of the molecule is [B]C1(CP)CCCc2n[nH]nc2CC1. The number of H-pyrrole nitrogens is 1. The van der Waals surface area contributed by atoms with Crippen molar-refractivity contribution >= 4 is 17.1 Å². The van der Waals surface area contributed by atoms with Gasteiger partial charge < -0.3 is 0 Å². The molecule has 0 saturated heterocycles. The van der Waals surface area contributed by atoms with E-state index in [1.807, 2.05) is 0 Å². The molecule has 0 spiro atoms. The number of nitrogens with zero attached hydrogens (tertiary/aromatic N) is 2. The Balaban J connectivity index is 2.13. The lowest BCUT2D eigenvalue weighted by molar-refractivity contribution is 0.487. The maximum absolute atomic E-state index is 6.27. The molecule has 1 N–H and O–H groups in total. The maximum atomic E-state index is 6.27. The number of rotatable bonds is 1. The molecular weight excluding hydrogens is 192 g/mol. The molecule has 1 aromatic rings. The predicted molar refractivity (Wildman–Crippen MR) is 60.7 cm³/mol. The Morgan fingerprint density at radius 3 is 2.71 bits per heavy atom. The van der Waals surface area contributed by atoms with Gasteiger partial charge in [0, 0.05) is 0 Å². The molecule has 1 aliphatic carbocycles. The minimum atomic E-state index is -0.0126. The Morgan fingerprint density at radius 2 is 2.00 bits per heavy atom. The van der Waals surface area contributed by atoms with Crippen LogP contribution in [0.15, 0.2) is 0 Å². The van der Waals surface area contributed by atoms with Gasteiger partial charge in [-0.15, -0.1) is 9.24 Å². The smallest absolute Gasteiger partial charge is 0.0856 e. The lowest BCUT2D eigenvalue weighted by Gasteiger charge is -2.29. The molecule has 0 bridgehead atoms. The number of aromatic nitrogens is 3. The van der Waals surface area contributed by atoms with Crippen molar-refractivity contribution in [2.45, 2.75) is 37.4 Å². The van der Waals surface area contributed by atoms with Crippen LogP contribution in [0.3, 0.4) is 0 Å². The molecule has 2 atom stereocenters. The highest BCUT2D eigenvalue weighted by molar-refractivity contribution is 7.16. The summed E-state index contributed by atoms with van der Waals surface area (Å²) in [6.07, 6.45) is 6.15. The van der Waals surface area contributed by atoms with Gasteiger partial charge in [0.1, 0.15) is 0 Å². The van der Waals surface area contributed by atoms with Gasteiger partial charge in [-0.3, -0.25) is 0 Å². The molecule has 1 aromatic heterocycles. The molecule has 5 heteroatoms. The van der Waals surface area contributed by atoms with Crippen molar-refractivity contribution in [1.29, 1.82) is 0 Å². The van der Waals surface area contributed by atoms with Crippen molar-refractivity contribution in [3.63, 3.8) is 0 Å². The van der Waals surface area contributed by atoms with Gasteiger partial charge >= 0.3 is 0 Å². The van der Waals surface area contributed by atoms with Gasteiger partial charge in [0.2, 0.25) is 0 Å². The van der Waals surface area contributed by atoms with Crippen molar-refractivity contribution in [2.24, 2.45) is 0 Å². The third-order valence-electron chi connectivity index (χ3n) is 3.06. The van der Waals surface area contributed by atoms with Crippen LogP contribution in [0.5, 0.6) is 0 Å². The summed E-state index contributed by atoms with van der Waals surface area (Å²) in [5.74, 6) is 0. The minimum absolute atomic E-state index is 0.0126. The highest BCUT2D eigenvalue weighted by atomic mass is 31.0. The van der Waals surface area contributed by atoms with Crippen LogP contribution in [0.2, 0.25) is 5.31 Å². The standard InChI is InChI=1S/C9H15BN3P/c10-9(6-14)4-1-2-7-8(3-5-9)12-13-11-7/h1-6,14H2,(H,11,12,13). The Morgan fingerprint density at radius 1 is 1.29 bits per heavy atom. The van der Waals surface area contributed by atoms with Crippen LogP contribution in [0.4, 0.5) is 0 Å². The number of fused-ring (bicyclic) bond motifs is 1. The number of aromatic amines is 1. The van der Waals surface area contributed by atoms with E-state index in [9.17, 15) is 0 Å². The van der Waals surface area contributed by atoms with Gasteiger partial charge in [-0.25, -0.2) is 0 Å². The molecule has 0 fully saturated rings. The molecule has 2 rings (SSSR count). The van der Waals surface area contributed by atoms with E-state index in [1.165, 1.54) is 0 Å². The van der Waals surface area contributed by atoms with Crippen LogP contribution < -0.4 is 0 Å². The minimum Gasteiger partial charge on any atom is -0.197 e. The van der Waals surface area contributed by atoms with E-state index in [4.69, 9.17) is 7.85 Å². The third-order valence-corrected chi connectivity index (χ3v) is 3.87. The quantitative estimate of drug-likeness (QED) is 0.556. The van der Waals surface area contributed by atoms with Crippen LogP contribution in [0.1, 0.15) is 30.7 Å². The highest BCUT2D eigenvalue weighted by Crippen LogP contribution is 2.37. The zero-order chi connectivity index (χ0) is 10.0. The van der Waals surface area contributed by atoms with Gasteiger partial charge in [0.05, 0.1) is 19.2 Å². The Labute approximate surface area is 88.0 Å². The van der Waals surface area contributed by atoms with Crippen LogP contribution in [-0.4, -0.2) is 29.4 Å². The second-order valence-corrected chi connectivity index (χ2v) is 4.55. The first-order chi connectivity index (χ1) is 6.73. The first kappa shape index (κ1) is 10.2. The molecule has 0 aromatic carbocycles. The summed E-state index contributed by atoms with van der Waals surface area (Å²) in [6.45, 7) is 0. The fraction of sp³-hybridized carbons (Fsp3) is 0.778. The summed E-state index contributed by atoms with van der Waals surface area (Å²) in [6, 6.07) is 0. The van der Waals surface area contributed by atoms with Crippen LogP contribution in [0.25, 0.3) is 0 Å². The van der Waals surface area contributed by atoms with Gasteiger partial charge in [-0.2, -0.15) is 15.4 Å². The zero-order valence-corrected chi connectivity index (χ0v) is 9.45. The van der Waals surface area contributed by atoms with E-state index in [0.717, 1.165) is 49.7 Å². The predicted octanol–water partition coefficient (Wildman–Crippen LogP) is 1.28. The summed E-state index contributed by atoms with van der Waals surface area (Å²) in [4.78, 5) is 0. The van der Waals surface area contributed by atoms with Crippen LogP contribution in [0, 0.1) is 0 Å².